The van der Waals surface area contributed by atoms with Crippen molar-refractivity contribution in [2.24, 2.45) is 0 Å². The van der Waals surface area contributed by atoms with E-state index in [9.17, 15) is 18.7 Å². The molecule has 0 aliphatic rings. The fourth-order valence-corrected chi connectivity index (χ4v) is 0.262. The summed E-state index contributed by atoms with van der Waals surface area (Å²) in [5.41, 5.74) is 0. The largest absolute Gasteiger partial charge is 0.522 e. The molecule has 0 heterocycles. The van der Waals surface area contributed by atoms with Gasteiger partial charge in [0.25, 0.3) is 6.16 Å². The molecule has 0 aliphatic carbocycles. The van der Waals surface area contributed by atoms with Gasteiger partial charge in [-0.3, -0.25) is 0 Å². The van der Waals surface area contributed by atoms with Gasteiger partial charge in [-0.2, -0.15) is 0 Å². The van der Waals surface area contributed by atoms with Gasteiger partial charge in [0.05, 0.1) is 0 Å². The van der Waals surface area contributed by atoms with E-state index < -0.39 is 19.0 Å². The SMILES string of the molecule is O=C([O-])OC=CCC(F)F. The molecule has 0 aromatic rings. The molecule has 0 saturated carbocycles. The normalized spacial score (nSPS) is 10.7. The summed E-state index contributed by atoms with van der Waals surface area (Å²) in [6.45, 7) is 0. The highest BCUT2D eigenvalue weighted by atomic mass is 19.3. The first-order chi connectivity index (χ1) is 4.63. The second-order valence-electron chi connectivity index (χ2n) is 1.37. The maximum absolute atomic E-state index is 11.3. The van der Waals surface area contributed by atoms with Crippen molar-refractivity contribution in [3.8, 4) is 0 Å². The summed E-state index contributed by atoms with van der Waals surface area (Å²) in [6.07, 6.45) is -3.21. The molecule has 0 atom stereocenters. The molecule has 0 aromatic heterocycles. The van der Waals surface area contributed by atoms with Crippen molar-refractivity contribution in [1.29, 1.82) is 0 Å². The number of rotatable bonds is 3. The van der Waals surface area contributed by atoms with Gasteiger partial charge in [0.1, 0.15) is 0 Å². The summed E-state index contributed by atoms with van der Waals surface area (Å²) in [5.74, 6) is 0. The lowest BCUT2D eigenvalue weighted by molar-refractivity contribution is -0.276. The van der Waals surface area contributed by atoms with Crippen molar-refractivity contribution < 1.29 is 23.4 Å². The number of hydrogen-bond donors (Lipinski definition) is 0. The lowest BCUT2D eigenvalue weighted by Crippen LogP contribution is -2.20. The number of hydrogen-bond acceptors (Lipinski definition) is 3. The first-order valence-corrected chi connectivity index (χ1v) is 2.43. The molecule has 0 spiro atoms. The molecule has 0 bridgehead atoms. The van der Waals surface area contributed by atoms with Crippen LogP contribution in [0.4, 0.5) is 13.6 Å². The predicted molar refractivity (Wildman–Crippen MR) is 26.2 cm³/mol. The Labute approximate surface area is 55.9 Å². The molecule has 0 rings (SSSR count). The van der Waals surface area contributed by atoms with Crippen LogP contribution < -0.4 is 5.11 Å². The molecule has 5 heteroatoms. The van der Waals surface area contributed by atoms with Crippen LogP contribution >= 0.6 is 0 Å². The van der Waals surface area contributed by atoms with Gasteiger partial charge < -0.3 is 14.6 Å². The highest BCUT2D eigenvalue weighted by Gasteiger charge is 1.95. The molecular formula is C5H5F2O3-. The minimum absolute atomic E-state index is 0.521. The maximum atomic E-state index is 11.3. The molecule has 3 nitrogen and oxygen atoms in total. The first kappa shape index (κ1) is 8.87. The molecule has 0 amide bonds. The molecule has 0 aromatic carbocycles. The Morgan fingerprint density at radius 1 is 1.70 bits per heavy atom. The summed E-state index contributed by atoms with van der Waals surface area (Å²) in [5, 5.41) is 9.47. The van der Waals surface area contributed by atoms with Gasteiger partial charge in [-0.05, 0) is 0 Å². The van der Waals surface area contributed by atoms with E-state index in [0.29, 0.717) is 6.26 Å². The molecule has 0 radical (unpaired) electrons. The third-order valence-electron chi connectivity index (χ3n) is 0.575. The molecular weight excluding hydrogens is 146 g/mol. The summed E-state index contributed by atoms with van der Waals surface area (Å²) in [6, 6.07) is 0. The van der Waals surface area contributed by atoms with E-state index in [0.717, 1.165) is 6.08 Å². The van der Waals surface area contributed by atoms with Gasteiger partial charge in [0.2, 0.25) is 6.43 Å². The van der Waals surface area contributed by atoms with E-state index in [1.165, 1.54) is 0 Å². The summed E-state index contributed by atoms with van der Waals surface area (Å²) in [7, 11) is 0. The predicted octanol–water partition coefficient (Wildman–Crippen LogP) is 0.515. The number of alkyl halides is 2. The first-order valence-electron chi connectivity index (χ1n) is 2.43. The average Bonchev–Trinajstić information content (AvgIpc) is 1.79. The Bertz CT molecular complexity index is 133. The Hall–Kier alpha value is -1.13. The third-order valence-corrected chi connectivity index (χ3v) is 0.575. The zero-order valence-electron chi connectivity index (χ0n) is 4.92. The Morgan fingerprint density at radius 3 is 2.70 bits per heavy atom. The number of carboxylic acid groups (broad SMARTS) is 1. The van der Waals surface area contributed by atoms with Crippen LogP contribution in [0.1, 0.15) is 6.42 Å². The minimum Gasteiger partial charge on any atom is -0.522 e. The van der Waals surface area contributed by atoms with Crippen LogP contribution in [0.2, 0.25) is 0 Å². The van der Waals surface area contributed by atoms with Gasteiger partial charge in [0.15, 0.2) is 0 Å². The van der Waals surface area contributed by atoms with E-state index in [2.05, 4.69) is 4.74 Å². The standard InChI is InChI=1S/C5H6F2O3/c6-4(7)2-1-3-10-5(8)9/h1,3-4H,2H2,(H,8,9)/p-1. The van der Waals surface area contributed by atoms with Crippen molar-refractivity contribution in [2.45, 2.75) is 12.8 Å². The van der Waals surface area contributed by atoms with Gasteiger partial charge in [0, 0.05) is 12.7 Å². The monoisotopic (exact) mass is 151 g/mol. The van der Waals surface area contributed by atoms with E-state index in [1.807, 2.05) is 0 Å². The number of allylic oxidation sites excluding steroid dienone is 1. The molecule has 0 N–H and O–H groups in total. The van der Waals surface area contributed by atoms with Crippen LogP contribution in [0.15, 0.2) is 12.3 Å². The average molecular weight is 151 g/mol. The minimum atomic E-state index is -2.48. The van der Waals surface area contributed by atoms with E-state index in [4.69, 9.17) is 0 Å². The van der Waals surface area contributed by atoms with Gasteiger partial charge in [-0.25, -0.2) is 8.78 Å². The Morgan fingerprint density at radius 2 is 2.30 bits per heavy atom. The lowest BCUT2D eigenvalue weighted by Gasteiger charge is -1.98. The van der Waals surface area contributed by atoms with Gasteiger partial charge >= 0.3 is 0 Å². The number of ether oxygens (including phenoxy) is 1. The molecule has 0 saturated heterocycles. The molecule has 0 fully saturated rings. The number of carbonyl (C=O) groups excluding carboxylic acids is 1. The van der Waals surface area contributed by atoms with Gasteiger partial charge in [-0.1, -0.05) is 6.08 Å². The summed E-state index contributed by atoms with van der Waals surface area (Å²) < 4.78 is 26.3. The summed E-state index contributed by atoms with van der Waals surface area (Å²) in [4.78, 5) is 9.47. The van der Waals surface area contributed by atoms with E-state index >= 15 is 0 Å². The van der Waals surface area contributed by atoms with Crippen LogP contribution in [0.3, 0.4) is 0 Å². The zero-order chi connectivity index (χ0) is 7.98. The number of carbonyl (C=O) groups is 1. The van der Waals surface area contributed by atoms with Crippen molar-refractivity contribution in [1.82, 2.24) is 0 Å². The maximum Gasteiger partial charge on any atom is 0.256 e. The van der Waals surface area contributed by atoms with E-state index in [1.54, 1.807) is 0 Å². The number of halogens is 2. The molecule has 58 valence electrons. The smallest absolute Gasteiger partial charge is 0.256 e. The fraction of sp³-hybridized carbons (Fsp3) is 0.400. The zero-order valence-corrected chi connectivity index (χ0v) is 4.92. The Kier molecular flexibility index (Phi) is 4.19. The molecule has 10 heavy (non-hydrogen) atoms. The lowest BCUT2D eigenvalue weighted by atomic mass is 10.4. The van der Waals surface area contributed by atoms with Gasteiger partial charge in [-0.15, -0.1) is 0 Å². The third kappa shape index (κ3) is 6.87. The van der Waals surface area contributed by atoms with Crippen molar-refractivity contribution in [3.05, 3.63) is 12.3 Å². The Balaban J connectivity index is 3.29. The van der Waals surface area contributed by atoms with Crippen molar-refractivity contribution >= 4 is 6.16 Å². The van der Waals surface area contributed by atoms with E-state index in [-0.39, 0.29) is 0 Å². The van der Waals surface area contributed by atoms with Crippen LogP contribution in [-0.4, -0.2) is 12.6 Å². The second-order valence-corrected chi connectivity index (χ2v) is 1.37. The topological polar surface area (TPSA) is 49.4 Å². The second kappa shape index (κ2) is 4.72. The molecule has 0 aliphatic heterocycles. The summed E-state index contributed by atoms with van der Waals surface area (Å²) >= 11 is 0. The van der Waals surface area contributed by atoms with Crippen LogP contribution in [0, 0.1) is 0 Å². The van der Waals surface area contributed by atoms with Crippen molar-refractivity contribution in [2.75, 3.05) is 0 Å². The van der Waals surface area contributed by atoms with Crippen LogP contribution in [-0.2, 0) is 4.74 Å². The van der Waals surface area contributed by atoms with Crippen LogP contribution in [0.5, 0.6) is 0 Å². The quantitative estimate of drug-likeness (QED) is 0.436. The highest BCUT2D eigenvalue weighted by molar-refractivity contribution is 5.54. The molecule has 0 unspecified atom stereocenters. The highest BCUT2D eigenvalue weighted by Crippen LogP contribution is 1.98. The van der Waals surface area contributed by atoms with Crippen molar-refractivity contribution in [3.63, 3.8) is 0 Å². The fourth-order valence-electron chi connectivity index (χ4n) is 0.262. The van der Waals surface area contributed by atoms with Crippen LogP contribution in [0.25, 0.3) is 0 Å².